The molecule has 144 valence electrons. The number of aryl methyl sites for hydroxylation is 1. The highest BCUT2D eigenvalue weighted by Gasteiger charge is 2.19. The van der Waals surface area contributed by atoms with Gasteiger partial charge in [0, 0.05) is 10.0 Å². The number of benzene rings is 3. The molecular formula is C22H20BrNO3S. The van der Waals surface area contributed by atoms with E-state index < -0.39 is 15.9 Å². The van der Waals surface area contributed by atoms with Crippen LogP contribution in [0.25, 0.3) is 11.1 Å². The number of carbonyl (C=O) groups excluding carboxylic acids is 1. The average Bonchev–Trinajstić information content (AvgIpc) is 2.69. The Labute approximate surface area is 173 Å². The van der Waals surface area contributed by atoms with Gasteiger partial charge in [0.2, 0.25) is 0 Å². The van der Waals surface area contributed by atoms with Gasteiger partial charge in [-0.3, -0.25) is 4.79 Å². The van der Waals surface area contributed by atoms with Gasteiger partial charge in [0.15, 0.2) is 0 Å². The summed E-state index contributed by atoms with van der Waals surface area (Å²) < 4.78 is 27.5. The van der Waals surface area contributed by atoms with Crippen molar-refractivity contribution >= 4 is 31.9 Å². The van der Waals surface area contributed by atoms with E-state index in [1.165, 1.54) is 17.7 Å². The van der Waals surface area contributed by atoms with Crippen molar-refractivity contribution in [3.05, 3.63) is 88.4 Å². The second kappa shape index (κ2) is 8.71. The number of nitrogens with one attached hydrogen (secondary N) is 1. The summed E-state index contributed by atoms with van der Waals surface area (Å²) in [5.74, 6) is -0.662. The molecule has 0 atom stereocenters. The van der Waals surface area contributed by atoms with Crippen LogP contribution >= 0.6 is 15.9 Å². The van der Waals surface area contributed by atoms with Crippen LogP contribution < -0.4 is 4.72 Å². The van der Waals surface area contributed by atoms with Crippen molar-refractivity contribution in [1.82, 2.24) is 4.72 Å². The van der Waals surface area contributed by atoms with Gasteiger partial charge in [-0.15, -0.1) is 0 Å². The zero-order valence-electron chi connectivity index (χ0n) is 15.4. The maximum absolute atomic E-state index is 12.4. The highest BCUT2D eigenvalue weighted by atomic mass is 79.9. The van der Waals surface area contributed by atoms with Gasteiger partial charge in [-0.1, -0.05) is 71.7 Å². The van der Waals surface area contributed by atoms with E-state index in [-0.39, 0.29) is 10.5 Å². The number of carbonyl (C=O) groups is 1. The second-order valence-electron chi connectivity index (χ2n) is 6.42. The van der Waals surface area contributed by atoms with E-state index in [1.807, 2.05) is 12.1 Å². The van der Waals surface area contributed by atoms with Crippen molar-refractivity contribution in [2.75, 3.05) is 0 Å². The molecule has 0 unspecified atom stereocenters. The van der Waals surface area contributed by atoms with Crippen LogP contribution in [0.3, 0.4) is 0 Å². The first-order valence-electron chi connectivity index (χ1n) is 8.91. The second-order valence-corrected chi connectivity index (χ2v) is 9.01. The average molecular weight is 458 g/mol. The van der Waals surface area contributed by atoms with Gasteiger partial charge >= 0.3 is 0 Å². The third-order valence-electron chi connectivity index (χ3n) is 4.31. The standard InChI is InChI=1S/C22H20BrNO3S/c1-2-4-16-7-9-17(10-8-16)18-11-13-19(14-12-18)22(25)24-28(26,27)21-6-3-5-20(23)15-21/h3,5-15H,2,4H2,1H3,(H,24,25). The third-order valence-corrected chi connectivity index (χ3v) is 6.13. The fourth-order valence-corrected chi connectivity index (χ4v) is 4.41. The lowest BCUT2D eigenvalue weighted by Crippen LogP contribution is -2.30. The molecule has 3 aromatic rings. The summed E-state index contributed by atoms with van der Waals surface area (Å²) in [6.45, 7) is 2.15. The summed E-state index contributed by atoms with van der Waals surface area (Å²) in [6.07, 6.45) is 2.15. The summed E-state index contributed by atoms with van der Waals surface area (Å²) in [5, 5.41) is 0. The van der Waals surface area contributed by atoms with Crippen LogP contribution in [0.5, 0.6) is 0 Å². The predicted octanol–water partition coefficient (Wildman–Crippen LogP) is 5.19. The molecule has 6 heteroatoms. The number of rotatable bonds is 6. The van der Waals surface area contributed by atoms with E-state index in [2.05, 4.69) is 51.8 Å². The molecule has 3 rings (SSSR count). The van der Waals surface area contributed by atoms with Gasteiger partial charge in [-0.25, -0.2) is 13.1 Å². The predicted molar refractivity (Wildman–Crippen MR) is 115 cm³/mol. The van der Waals surface area contributed by atoms with E-state index in [4.69, 9.17) is 0 Å². The fourth-order valence-electron chi connectivity index (χ4n) is 2.84. The lowest BCUT2D eigenvalue weighted by atomic mass is 10.0. The first-order valence-corrected chi connectivity index (χ1v) is 11.2. The molecule has 4 nitrogen and oxygen atoms in total. The van der Waals surface area contributed by atoms with E-state index in [1.54, 1.807) is 24.3 Å². The summed E-state index contributed by atoms with van der Waals surface area (Å²) in [4.78, 5) is 12.4. The number of sulfonamides is 1. The topological polar surface area (TPSA) is 63.2 Å². The largest absolute Gasteiger partial charge is 0.268 e. The monoisotopic (exact) mass is 457 g/mol. The van der Waals surface area contributed by atoms with Crippen molar-refractivity contribution in [3.63, 3.8) is 0 Å². The van der Waals surface area contributed by atoms with Crippen LogP contribution in [0, 0.1) is 0 Å². The number of amides is 1. The van der Waals surface area contributed by atoms with Crippen molar-refractivity contribution in [3.8, 4) is 11.1 Å². The molecular weight excluding hydrogens is 438 g/mol. The third kappa shape index (κ3) is 4.88. The highest BCUT2D eigenvalue weighted by molar-refractivity contribution is 9.10. The molecule has 0 radical (unpaired) electrons. The number of hydrogen-bond acceptors (Lipinski definition) is 3. The molecule has 0 saturated heterocycles. The van der Waals surface area contributed by atoms with Crippen molar-refractivity contribution in [2.45, 2.75) is 24.7 Å². The van der Waals surface area contributed by atoms with Crippen LogP contribution in [0.15, 0.2) is 82.2 Å². The minimum absolute atomic E-state index is 0.0269. The molecule has 0 spiro atoms. The van der Waals surface area contributed by atoms with E-state index >= 15 is 0 Å². The maximum atomic E-state index is 12.4. The molecule has 0 heterocycles. The molecule has 0 aliphatic rings. The molecule has 1 N–H and O–H groups in total. The Morgan fingerprint density at radius 1 is 0.929 bits per heavy atom. The Bertz CT molecular complexity index is 1080. The molecule has 3 aromatic carbocycles. The quantitative estimate of drug-likeness (QED) is 0.553. The number of halogens is 1. The van der Waals surface area contributed by atoms with Gasteiger partial charge in [0.1, 0.15) is 0 Å². The summed E-state index contributed by atoms with van der Waals surface area (Å²) >= 11 is 3.23. The maximum Gasteiger partial charge on any atom is 0.264 e. The van der Waals surface area contributed by atoms with Crippen LogP contribution in [0.4, 0.5) is 0 Å². The van der Waals surface area contributed by atoms with Crippen LogP contribution in [-0.4, -0.2) is 14.3 Å². The Kier molecular flexibility index (Phi) is 6.31. The fraction of sp³-hybridized carbons (Fsp3) is 0.136. The van der Waals surface area contributed by atoms with Gasteiger partial charge in [-0.2, -0.15) is 0 Å². The van der Waals surface area contributed by atoms with Crippen molar-refractivity contribution in [1.29, 1.82) is 0 Å². The molecule has 28 heavy (non-hydrogen) atoms. The minimum atomic E-state index is -3.93. The molecule has 1 amide bonds. The Morgan fingerprint density at radius 3 is 2.11 bits per heavy atom. The Hall–Kier alpha value is -2.44. The molecule has 0 saturated carbocycles. The molecule has 0 fully saturated rings. The van der Waals surface area contributed by atoms with E-state index in [0.717, 1.165) is 24.0 Å². The first kappa shape index (κ1) is 20.3. The van der Waals surface area contributed by atoms with Crippen LogP contribution in [0.2, 0.25) is 0 Å². The summed E-state index contributed by atoms with van der Waals surface area (Å²) in [7, 11) is -3.93. The zero-order chi connectivity index (χ0) is 20.1. The SMILES string of the molecule is CCCc1ccc(-c2ccc(C(=O)NS(=O)(=O)c3cccc(Br)c3)cc2)cc1. The summed E-state index contributed by atoms with van der Waals surface area (Å²) in [5.41, 5.74) is 3.59. The normalized spacial score (nSPS) is 11.2. The Morgan fingerprint density at radius 2 is 1.54 bits per heavy atom. The van der Waals surface area contributed by atoms with Gasteiger partial charge in [0.05, 0.1) is 4.90 Å². The molecule has 0 aliphatic heterocycles. The van der Waals surface area contributed by atoms with Gasteiger partial charge < -0.3 is 0 Å². The van der Waals surface area contributed by atoms with E-state index in [0.29, 0.717) is 4.47 Å². The van der Waals surface area contributed by atoms with Crippen LogP contribution in [0.1, 0.15) is 29.3 Å². The molecule has 0 aromatic heterocycles. The summed E-state index contributed by atoms with van der Waals surface area (Å²) in [6, 6.07) is 21.4. The number of hydrogen-bond donors (Lipinski definition) is 1. The van der Waals surface area contributed by atoms with Crippen LogP contribution in [-0.2, 0) is 16.4 Å². The molecule has 0 aliphatic carbocycles. The highest BCUT2D eigenvalue weighted by Crippen LogP contribution is 2.21. The lowest BCUT2D eigenvalue weighted by molar-refractivity contribution is 0.0981. The van der Waals surface area contributed by atoms with Crippen molar-refractivity contribution in [2.24, 2.45) is 0 Å². The lowest BCUT2D eigenvalue weighted by Gasteiger charge is -2.08. The van der Waals surface area contributed by atoms with Crippen molar-refractivity contribution < 1.29 is 13.2 Å². The van der Waals surface area contributed by atoms with Gasteiger partial charge in [-0.05, 0) is 53.4 Å². The molecule has 0 bridgehead atoms. The minimum Gasteiger partial charge on any atom is -0.268 e. The smallest absolute Gasteiger partial charge is 0.264 e. The van der Waals surface area contributed by atoms with E-state index in [9.17, 15) is 13.2 Å². The first-order chi connectivity index (χ1) is 13.4. The Balaban J connectivity index is 1.74. The zero-order valence-corrected chi connectivity index (χ0v) is 17.8. The van der Waals surface area contributed by atoms with Gasteiger partial charge in [0.25, 0.3) is 15.9 Å².